The quantitative estimate of drug-likeness (QED) is 0.474. The minimum Gasteiger partial charge on any atom is -0.432 e. The Morgan fingerprint density at radius 3 is 2.42 bits per heavy atom. The van der Waals surface area contributed by atoms with Gasteiger partial charge in [-0.25, -0.2) is 13.2 Å². The summed E-state index contributed by atoms with van der Waals surface area (Å²) >= 11 is 0. The molecule has 0 aromatic heterocycles. The highest BCUT2D eigenvalue weighted by molar-refractivity contribution is 5.83. The van der Waals surface area contributed by atoms with E-state index in [0.29, 0.717) is 12.8 Å². The van der Waals surface area contributed by atoms with Crippen LogP contribution >= 0.6 is 0 Å². The molecule has 5 nitrogen and oxygen atoms in total. The Hall–Kier alpha value is -2.41. The van der Waals surface area contributed by atoms with E-state index in [1.807, 2.05) is 6.07 Å². The molecule has 0 spiro atoms. The molecule has 2 aliphatic rings. The maximum Gasteiger partial charge on any atom is 0.410 e. The topological polar surface area (TPSA) is 74.2 Å². The fraction of sp³-hybridized carbons (Fsp3) is 0.619. The van der Waals surface area contributed by atoms with E-state index in [-0.39, 0.29) is 24.5 Å². The van der Waals surface area contributed by atoms with Gasteiger partial charge in [-0.2, -0.15) is 14.0 Å². The molecule has 0 unspecified atom stereocenters. The van der Waals surface area contributed by atoms with Crippen molar-refractivity contribution in [3.63, 3.8) is 0 Å². The first-order chi connectivity index (χ1) is 14.5. The Balaban J connectivity index is 1.59. The third-order valence-electron chi connectivity index (χ3n) is 5.36. The van der Waals surface area contributed by atoms with E-state index in [9.17, 15) is 26.7 Å². The first-order valence-electron chi connectivity index (χ1n) is 10.2. The molecule has 1 aromatic rings. The lowest BCUT2D eigenvalue weighted by molar-refractivity contribution is -0.173. The lowest BCUT2D eigenvalue weighted by Crippen LogP contribution is -2.52. The Labute approximate surface area is 176 Å². The van der Waals surface area contributed by atoms with Crippen LogP contribution in [0.5, 0.6) is 5.75 Å². The fourth-order valence-electron chi connectivity index (χ4n) is 3.19. The molecule has 10 heteroatoms. The van der Waals surface area contributed by atoms with Gasteiger partial charge in [0.2, 0.25) is 11.8 Å². The van der Waals surface area contributed by atoms with Crippen LogP contribution in [-0.4, -0.2) is 36.1 Å². The Morgan fingerprint density at radius 2 is 1.87 bits per heavy atom. The van der Waals surface area contributed by atoms with Crippen LogP contribution in [0.1, 0.15) is 44.9 Å². The number of benzene rings is 1. The van der Waals surface area contributed by atoms with Gasteiger partial charge in [0, 0.05) is 12.8 Å². The fourth-order valence-corrected chi connectivity index (χ4v) is 3.19. The van der Waals surface area contributed by atoms with Gasteiger partial charge in [-0.05, 0) is 62.3 Å². The molecular weight excluding hydrogens is 421 g/mol. The molecule has 0 bridgehead atoms. The number of nitriles is 1. The predicted octanol–water partition coefficient (Wildman–Crippen LogP) is 4.14. The molecule has 0 radical (unpaired) electrons. The number of carbonyl (C=O) groups excluding carboxylic acids is 1. The molecule has 0 aliphatic heterocycles. The van der Waals surface area contributed by atoms with E-state index in [0.717, 1.165) is 37.1 Å². The number of amides is 1. The van der Waals surface area contributed by atoms with Gasteiger partial charge in [0.1, 0.15) is 23.7 Å². The third kappa shape index (κ3) is 7.35. The van der Waals surface area contributed by atoms with Crippen LogP contribution in [0.2, 0.25) is 0 Å². The lowest BCUT2D eigenvalue weighted by atomic mass is 10.0. The molecule has 1 aromatic carbocycles. The third-order valence-corrected chi connectivity index (χ3v) is 5.36. The monoisotopic (exact) mass is 445 g/mol. The van der Waals surface area contributed by atoms with Crippen molar-refractivity contribution in [1.82, 2.24) is 10.6 Å². The molecule has 170 valence electrons. The molecule has 3 rings (SSSR count). The van der Waals surface area contributed by atoms with Crippen LogP contribution in [0, 0.1) is 23.1 Å². The Kier molecular flexibility index (Phi) is 6.74. The zero-order chi connectivity index (χ0) is 22.7. The Bertz CT molecular complexity index is 817. The standard InChI is InChI=1S/C21H24F5N3O2/c22-15-3-5-16(6-4-15)31-21(25,26)13-28-17(18(30)29-19(12-27)9-10-19)7-8-20(23,24)11-14-1-2-14/h3-6,14,17,28H,1-2,7-11,13H2,(H,29,30)/t17-/m0/s1. The molecule has 0 saturated heterocycles. The zero-order valence-corrected chi connectivity index (χ0v) is 16.8. The van der Waals surface area contributed by atoms with Crippen molar-refractivity contribution < 1.29 is 31.5 Å². The van der Waals surface area contributed by atoms with Crippen molar-refractivity contribution in [2.45, 2.75) is 68.6 Å². The number of carbonyl (C=O) groups is 1. The number of hydrogen-bond donors (Lipinski definition) is 2. The van der Waals surface area contributed by atoms with Crippen LogP contribution in [-0.2, 0) is 4.79 Å². The van der Waals surface area contributed by atoms with Gasteiger partial charge < -0.3 is 10.1 Å². The maximum atomic E-state index is 14.2. The number of rotatable bonds is 12. The number of ether oxygens (including phenoxy) is 1. The summed E-state index contributed by atoms with van der Waals surface area (Å²) < 4.78 is 74.1. The first-order valence-corrected chi connectivity index (χ1v) is 10.2. The molecular formula is C21H24F5N3O2. The molecule has 2 aliphatic carbocycles. The molecule has 31 heavy (non-hydrogen) atoms. The first kappa shape index (κ1) is 23.3. The number of hydrogen-bond acceptors (Lipinski definition) is 4. The van der Waals surface area contributed by atoms with Gasteiger partial charge in [0.15, 0.2) is 0 Å². The van der Waals surface area contributed by atoms with E-state index in [4.69, 9.17) is 5.26 Å². The van der Waals surface area contributed by atoms with Crippen molar-refractivity contribution >= 4 is 5.91 Å². The van der Waals surface area contributed by atoms with Gasteiger partial charge in [-0.3, -0.25) is 10.1 Å². The SMILES string of the molecule is N#CC1(NC(=O)[C@H](CCC(F)(F)CC2CC2)NCC(F)(F)Oc2ccc(F)cc2)CC1. The van der Waals surface area contributed by atoms with Crippen molar-refractivity contribution in [3.05, 3.63) is 30.1 Å². The summed E-state index contributed by atoms with van der Waals surface area (Å²) in [4.78, 5) is 12.5. The van der Waals surface area contributed by atoms with Crippen LogP contribution in [0.4, 0.5) is 22.0 Å². The van der Waals surface area contributed by atoms with E-state index < -0.39 is 48.3 Å². The summed E-state index contributed by atoms with van der Waals surface area (Å²) in [6.45, 7) is -1.13. The lowest BCUT2D eigenvalue weighted by Gasteiger charge is -2.25. The highest BCUT2D eigenvalue weighted by atomic mass is 19.3. The van der Waals surface area contributed by atoms with Crippen molar-refractivity contribution in [1.29, 1.82) is 5.26 Å². The highest BCUT2D eigenvalue weighted by Gasteiger charge is 2.46. The summed E-state index contributed by atoms with van der Waals surface area (Å²) in [5.74, 6) is -4.72. The van der Waals surface area contributed by atoms with Crippen molar-refractivity contribution in [2.24, 2.45) is 5.92 Å². The summed E-state index contributed by atoms with van der Waals surface area (Å²) in [6, 6.07) is 4.55. The van der Waals surface area contributed by atoms with E-state index in [1.165, 1.54) is 0 Å². The predicted molar refractivity (Wildman–Crippen MR) is 101 cm³/mol. The molecule has 2 fully saturated rings. The summed E-state index contributed by atoms with van der Waals surface area (Å²) in [6.07, 6.45) is -2.75. The second kappa shape index (κ2) is 8.99. The van der Waals surface area contributed by atoms with Crippen LogP contribution in [0.15, 0.2) is 24.3 Å². The molecule has 1 atom stereocenters. The van der Waals surface area contributed by atoms with Gasteiger partial charge in [0.25, 0.3) is 0 Å². The summed E-state index contributed by atoms with van der Waals surface area (Å²) in [5, 5.41) is 13.9. The molecule has 2 saturated carbocycles. The van der Waals surface area contributed by atoms with E-state index in [1.54, 1.807) is 0 Å². The van der Waals surface area contributed by atoms with Crippen LogP contribution in [0.25, 0.3) is 0 Å². The minimum atomic E-state index is -3.78. The van der Waals surface area contributed by atoms with Gasteiger partial charge >= 0.3 is 6.11 Å². The molecule has 0 heterocycles. The van der Waals surface area contributed by atoms with Crippen molar-refractivity contribution in [2.75, 3.05) is 6.54 Å². The zero-order valence-electron chi connectivity index (χ0n) is 16.8. The van der Waals surface area contributed by atoms with Crippen LogP contribution < -0.4 is 15.4 Å². The largest absolute Gasteiger partial charge is 0.432 e. The number of halogens is 5. The normalized spacial score (nSPS) is 18.7. The minimum absolute atomic E-state index is 0.0306. The maximum absolute atomic E-state index is 14.2. The van der Waals surface area contributed by atoms with E-state index in [2.05, 4.69) is 15.4 Å². The second-order valence-electron chi connectivity index (χ2n) is 8.35. The second-order valence-corrected chi connectivity index (χ2v) is 8.35. The Morgan fingerprint density at radius 1 is 1.23 bits per heavy atom. The average molecular weight is 445 g/mol. The smallest absolute Gasteiger partial charge is 0.410 e. The van der Waals surface area contributed by atoms with E-state index >= 15 is 0 Å². The average Bonchev–Trinajstić information content (AvgIpc) is 3.61. The van der Waals surface area contributed by atoms with Gasteiger partial charge in [-0.15, -0.1) is 0 Å². The summed E-state index contributed by atoms with van der Waals surface area (Å²) in [5.41, 5.74) is -1.05. The van der Waals surface area contributed by atoms with Crippen molar-refractivity contribution in [3.8, 4) is 11.8 Å². The highest BCUT2D eigenvalue weighted by Crippen LogP contribution is 2.41. The van der Waals surface area contributed by atoms with Gasteiger partial charge in [-0.1, -0.05) is 0 Å². The number of nitrogens with one attached hydrogen (secondary N) is 2. The molecule has 1 amide bonds. The molecule has 2 N–H and O–H groups in total. The van der Waals surface area contributed by atoms with Crippen LogP contribution in [0.3, 0.4) is 0 Å². The number of alkyl halides is 4. The van der Waals surface area contributed by atoms with Gasteiger partial charge in [0.05, 0.1) is 12.1 Å². The summed E-state index contributed by atoms with van der Waals surface area (Å²) in [7, 11) is 0. The number of nitrogens with zero attached hydrogens (tertiary/aromatic N) is 1.